The average Bonchev–Trinajstić information content (AvgIpc) is 2.91. The number of imide groups is 1. The van der Waals surface area contributed by atoms with Gasteiger partial charge in [-0.25, -0.2) is 0 Å². The molecule has 0 spiro atoms. The van der Waals surface area contributed by atoms with Crippen LogP contribution in [0.25, 0.3) is 0 Å². The molecule has 3 aliphatic rings. The maximum absolute atomic E-state index is 11.5. The lowest BCUT2D eigenvalue weighted by Gasteiger charge is -2.24. The normalized spacial score (nSPS) is 33.2. The van der Waals surface area contributed by atoms with Gasteiger partial charge in [0.15, 0.2) is 0 Å². The van der Waals surface area contributed by atoms with Crippen molar-refractivity contribution in [1.82, 2.24) is 15.1 Å². The number of likely N-dealkylation sites (tertiary alicyclic amines) is 2. The van der Waals surface area contributed by atoms with Crippen LogP contribution in [0.4, 0.5) is 0 Å². The summed E-state index contributed by atoms with van der Waals surface area (Å²) in [6.45, 7) is 4.75. The van der Waals surface area contributed by atoms with E-state index in [1.807, 2.05) is 0 Å². The minimum Gasteiger partial charge on any atom is -0.312 e. The summed E-state index contributed by atoms with van der Waals surface area (Å²) < 4.78 is 0. The number of nitrogens with zero attached hydrogens (tertiary/aromatic N) is 2. The minimum absolute atomic E-state index is 0.00902. The number of carbonyl (C=O) groups excluding carboxylic acids is 2. The van der Waals surface area contributed by atoms with Crippen LogP contribution in [0.2, 0.25) is 0 Å². The fraction of sp³-hybridized carbons (Fsp3) is 0.846. The summed E-state index contributed by atoms with van der Waals surface area (Å²) in [6, 6.07) is 0.628. The van der Waals surface area contributed by atoms with Gasteiger partial charge in [0.05, 0.1) is 0 Å². The Hall–Kier alpha value is -0.940. The van der Waals surface area contributed by atoms with E-state index in [4.69, 9.17) is 0 Å². The summed E-state index contributed by atoms with van der Waals surface area (Å²) >= 11 is 0. The van der Waals surface area contributed by atoms with Crippen molar-refractivity contribution in [3.8, 4) is 0 Å². The Bertz CT molecular complexity index is 328. The Kier molecular flexibility index (Phi) is 3.35. The lowest BCUT2D eigenvalue weighted by Crippen LogP contribution is -2.41. The van der Waals surface area contributed by atoms with Crippen molar-refractivity contribution in [2.24, 2.45) is 5.92 Å². The molecule has 3 fully saturated rings. The molecular formula is C13H21N3O2. The molecule has 1 N–H and O–H groups in total. The van der Waals surface area contributed by atoms with Gasteiger partial charge in [0.1, 0.15) is 0 Å². The molecule has 0 radical (unpaired) electrons. The van der Waals surface area contributed by atoms with Crippen LogP contribution in [0.15, 0.2) is 0 Å². The van der Waals surface area contributed by atoms with E-state index >= 15 is 0 Å². The molecule has 3 rings (SSSR count). The quantitative estimate of drug-likeness (QED) is 0.707. The zero-order chi connectivity index (χ0) is 12.5. The van der Waals surface area contributed by atoms with Crippen molar-refractivity contribution in [3.05, 3.63) is 0 Å². The molecule has 5 nitrogen and oxygen atoms in total. The van der Waals surface area contributed by atoms with Crippen LogP contribution in [0.1, 0.15) is 25.7 Å². The maximum atomic E-state index is 11.5. The number of carbonyl (C=O) groups is 2. The second-order valence-corrected chi connectivity index (χ2v) is 5.66. The first kappa shape index (κ1) is 12.1. The standard InChI is InChI=1S/C13H21N3O2/c17-12-3-4-13(18)16(12)7-6-15-8-10-2-1-5-14-11(10)9-15/h10-11,14H,1-9H2. The largest absolute Gasteiger partial charge is 0.312 e. The van der Waals surface area contributed by atoms with Crippen LogP contribution >= 0.6 is 0 Å². The summed E-state index contributed by atoms with van der Waals surface area (Å²) in [5.74, 6) is 0.785. The first-order valence-electron chi connectivity index (χ1n) is 7.03. The highest BCUT2D eigenvalue weighted by atomic mass is 16.2. The third kappa shape index (κ3) is 2.29. The number of amides is 2. The highest BCUT2D eigenvalue weighted by molar-refractivity contribution is 6.01. The van der Waals surface area contributed by atoms with Gasteiger partial charge in [-0.1, -0.05) is 0 Å². The van der Waals surface area contributed by atoms with Crippen LogP contribution in [-0.4, -0.2) is 60.4 Å². The first-order chi connectivity index (χ1) is 8.74. The zero-order valence-electron chi connectivity index (χ0n) is 10.7. The molecule has 0 aromatic rings. The smallest absolute Gasteiger partial charge is 0.229 e. The summed E-state index contributed by atoms with van der Waals surface area (Å²) in [6.07, 6.45) is 3.41. The van der Waals surface area contributed by atoms with Gasteiger partial charge in [-0.3, -0.25) is 19.4 Å². The lowest BCUT2D eigenvalue weighted by atomic mass is 9.94. The number of piperidine rings is 1. The van der Waals surface area contributed by atoms with Gasteiger partial charge in [0.2, 0.25) is 11.8 Å². The molecule has 5 heteroatoms. The highest BCUT2D eigenvalue weighted by Gasteiger charge is 2.35. The molecule has 3 aliphatic heterocycles. The monoisotopic (exact) mass is 251 g/mol. The predicted octanol–water partition coefficient (Wildman–Crippen LogP) is -0.181. The van der Waals surface area contributed by atoms with E-state index in [0.717, 1.165) is 32.1 Å². The van der Waals surface area contributed by atoms with Crippen molar-refractivity contribution in [1.29, 1.82) is 0 Å². The maximum Gasteiger partial charge on any atom is 0.229 e. The first-order valence-corrected chi connectivity index (χ1v) is 7.03. The van der Waals surface area contributed by atoms with Gasteiger partial charge in [-0.05, 0) is 25.3 Å². The molecule has 0 aromatic heterocycles. The molecule has 2 unspecified atom stereocenters. The molecular weight excluding hydrogens is 230 g/mol. The van der Waals surface area contributed by atoms with E-state index in [2.05, 4.69) is 10.2 Å². The fourth-order valence-electron chi connectivity index (χ4n) is 3.43. The van der Waals surface area contributed by atoms with E-state index in [0.29, 0.717) is 25.4 Å². The molecule has 0 saturated carbocycles. The summed E-state index contributed by atoms with van der Waals surface area (Å²) in [7, 11) is 0. The van der Waals surface area contributed by atoms with Crippen LogP contribution in [0.3, 0.4) is 0 Å². The Morgan fingerprint density at radius 1 is 1.11 bits per heavy atom. The number of fused-ring (bicyclic) bond motifs is 1. The molecule has 3 saturated heterocycles. The van der Waals surface area contributed by atoms with Gasteiger partial charge in [0.25, 0.3) is 0 Å². The third-order valence-electron chi connectivity index (χ3n) is 4.47. The molecule has 18 heavy (non-hydrogen) atoms. The van der Waals surface area contributed by atoms with Crippen molar-refractivity contribution < 1.29 is 9.59 Å². The van der Waals surface area contributed by atoms with Crippen molar-refractivity contribution >= 4 is 11.8 Å². The predicted molar refractivity (Wildman–Crippen MR) is 66.9 cm³/mol. The minimum atomic E-state index is 0.00902. The van der Waals surface area contributed by atoms with Gasteiger partial charge < -0.3 is 5.32 Å². The second kappa shape index (κ2) is 4.97. The van der Waals surface area contributed by atoms with Crippen molar-refractivity contribution in [2.45, 2.75) is 31.7 Å². The number of hydrogen-bond donors (Lipinski definition) is 1. The van der Waals surface area contributed by atoms with E-state index in [1.54, 1.807) is 0 Å². The molecule has 3 heterocycles. The third-order valence-corrected chi connectivity index (χ3v) is 4.47. The van der Waals surface area contributed by atoms with Crippen LogP contribution in [0.5, 0.6) is 0 Å². The van der Waals surface area contributed by atoms with Crippen molar-refractivity contribution in [2.75, 3.05) is 32.7 Å². The SMILES string of the molecule is O=C1CCC(=O)N1CCN1CC2CCCNC2C1. The number of hydrogen-bond acceptors (Lipinski definition) is 4. The second-order valence-electron chi connectivity index (χ2n) is 5.66. The van der Waals surface area contributed by atoms with Gasteiger partial charge in [-0.15, -0.1) is 0 Å². The topological polar surface area (TPSA) is 52.7 Å². The average molecular weight is 251 g/mol. The number of rotatable bonds is 3. The molecule has 2 amide bonds. The highest BCUT2D eigenvalue weighted by Crippen LogP contribution is 2.24. The molecule has 0 bridgehead atoms. The molecule has 0 aliphatic carbocycles. The van der Waals surface area contributed by atoms with E-state index in [9.17, 15) is 9.59 Å². The Morgan fingerprint density at radius 2 is 1.89 bits per heavy atom. The van der Waals surface area contributed by atoms with Crippen molar-refractivity contribution in [3.63, 3.8) is 0 Å². The number of nitrogens with one attached hydrogen (secondary N) is 1. The summed E-state index contributed by atoms with van der Waals surface area (Å²) in [4.78, 5) is 26.9. The summed E-state index contributed by atoms with van der Waals surface area (Å²) in [5, 5.41) is 3.57. The van der Waals surface area contributed by atoms with E-state index in [1.165, 1.54) is 17.7 Å². The van der Waals surface area contributed by atoms with E-state index in [-0.39, 0.29) is 11.8 Å². The van der Waals surface area contributed by atoms with Crippen LogP contribution < -0.4 is 5.32 Å². The molecule has 2 atom stereocenters. The van der Waals surface area contributed by atoms with E-state index < -0.39 is 0 Å². The molecule has 100 valence electrons. The van der Waals surface area contributed by atoms with Crippen LogP contribution in [-0.2, 0) is 9.59 Å². The zero-order valence-corrected chi connectivity index (χ0v) is 10.7. The Morgan fingerprint density at radius 3 is 2.61 bits per heavy atom. The Labute approximate surface area is 107 Å². The van der Waals surface area contributed by atoms with Gasteiger partial charge in [0, 0.05) is 45.1 Å². The summed E-state index contributed by atoms with van der Waals surface area (Å²) in [5.41, 5.74) is 0. The fourth-order valence-corrected chi connectivity index (χ4v) is 3.43. The van der Waals surface area contributed by atoms with Gasteiger partial charge >= 0.3 is 0 Å². The van der Waals surface area contributed by atoms with Crippen LogP contribution in [0, 0.1) is 5.92 Å². The Balaban J connectivity index is 1.49. The lowest BCUT2D eigenvalue weighted by molar-refractivity contribution is -0.138. The molecule has 0 aromatic carbocycles. The van der Waals surface area contributed by atoms with Gasteiger partial charge in [-0.2, -0.15) is 0 Å².